The Kier molecular flexibility index (Phi) is 2.90. The molecular formula is C10H10BrNO3. The standard InChI is InChI=1S/C10H10BrNO3/c11-9-4-3-8(15-9)10(14)12-5-1-2-7(13)6-12/h3-4H,1-2,5-6H2. The zero-order valence-corrected chi connectivity index (χ0v) is 9.62. The van der Waals surface area contributed by atoms with Crippen LogP contribution in [0, 0.1) is 0 Å². The van der Waals surface area contributed by atoms with Gasteiger partial charge < -0.3 is 9.32 Å². The summed E-state index contributed by atoms with van der Waals surface area (Å²) in [7, 11) is 0. The molecule has 1 aromatic heterocycles. The normalized spacial score (nSPS) is 16.9. The molecule has 1 saturated heterocycles. The van der Waals surface area contributed by atoms with Crippen LogP contribution >= 0.6 is 15.9 Å². The molecule has 0 N–H and O–H groups in total. The number of furan rings is 1. The molecule has 15 heavy (non-hydrogen) atoms. The molecule has 2 rings (SSSR count). The Morgan fingerprint density at radius 3 is 2.87 bits per heavy atom. The van der Waals surface area contributed by atoms with Crippen LogP contribution in [0.2, 0.25) is 0 Å². The van der Waals surface area contributed by atoms with Crippen molar-refractivity contribution in [1.82, 2.24) is 4.90 Å². The van der Waals surface area contributed by atoms with Gasteiger partial charge >= 0.3 is 0 Å². The molecule has 1 fully saturated rings. The Morgan fingerprint density at radius 2 is 2.27 bits per heavy atom. The van der Waals surface area contributed by atoms with Gasteiger partial charge in [0.2, 0.25) is 0 Å². The molecule has 1 amide bonds. The van der Waals surface area contributed by atoms with Crippen molar-refractivity contribution in [2.24, 2.45) is 0 Å². The van der Waals surface area contributed by atoms with Gasteiger partial charge in [-0.25, -0.2) is 0 Å². The summed E-state index contributed by atoms with van der Waals surface area (Å²) in [5.41, 5.74) is 0. The predicted molar refractivity (Wildman–Crippen MR) is 56.6 cm³/mol. The monoisotopic (exact) mass is 271 g/mol. The lowest BCUT2D eigenvalue weighted by Gasteiger charge is -2.24. The number of halogens is 1. The van der Waals surface area contributed by atoms with E-state index in [0.29, 0.717) is 17.6 Å². The Balaban J connectivity index is 2.10. The van der Waals surface area contributed by atoms with Crippen molar-refractivity contribution < 1.29 is 14.0 Å². The fourth-order valence-electron chi connectivity index (χ4n) is 1.60. The Labute approximate surface area is 95.4 Å². The van der Waals surface area contributed by atoms with Gasteiger partial charge in [0.15, 0.2) is 16.2 Å². The molecule has 5 heteroatoms. The molecule has 0 radical (unpaired) electrons. The Bertz CT molecular complexity index is 399. The third kappa shape index (κ3) is 2.28. The molecule has 0 atom stereocenters. The van der Waals surface area contributed by atoms with E-state index >= 15 is 0 Å². The average Bonchev–Trinajstić information content (AvgIpc) is 2.64. The first kappa shape index (κ1) is 10.4. The first-order chi connectivity index (χ1) is 7.16. The van der Waals surface area contributed by atoms with Gasteiger partial charge in [0.1, 0.15) is 0 Å². The zero-order chi connectivity index (χ0) is 10.8. The molecule has 4 nitrogen and oxygen atoms in total. The van der Waals surface area contributed by atoms with Gasteiger partial charge in [0.05, 0.1) is 6.54 Å². The van der Waals surface area contributed by atoms with Gasteiger partial charge in [0, 0.05) is 13.0 Å². The number of ketones is 1. The smallest absolute Gasteiger partial charge is 0.290 e. The van der Waals surface area contributed by atoms with Crippen LogP contribution in [0.1, 0.15) is 23.4 Å². The molecule has 0 bridgehead atoms. The van der Waals surface area contributed by atoms with Gasteiger partial charge in [0.25, 0.3) is 5.91 Å². The van der Waals surface area contributed by atoms with E-state index in [-0.39, 0.29) is 24.0 Å². The maximum atomic E-state index is 11.8. The second kappa shape index (κ2) is 4.18. The topological polar surface area (TPSA) is 50.5 Å². The van der Waals surface area contributed by atoms with Crippen molar-refractivity contribution in [3.05, 3.63) is 22.6 Å². The number of hydrogen-bond donors (Lipinski definition) is 0. The summed E-state index contributed by atoms with van der Waals surface area (Å²) in [6.45, 7) is 0.833. The van der Waals surface area contributed by atoms with E-state index in [9.17, 15) is 9.59 Å². The number of carbonyl (C=O) groups excluding carboxylic acids is 2. The van der Waals surface area contributed by atoms with Crippen molar-refractivity contribution >= 4 is 27.6 Å². The van der Waals surface area contributed by atoms with E-state index in [1.54, 1.807) is 12.1 Å². The molecule has 0 spiro atoms. The lowest BCUT2D eigenvalue weighted by Crippen LogP contribution is -2.39. The highest BCUT2D eigenvalue weighted by Gasteiger charge is 2.24. The molecule has 0 aliphatic carbocycles. The molecular weight excluding hydrogens is 262 g/mol. The minimum Gasteiger partial charge on any atom is -0.444 e. The molecule has 0 aromatic carbocycles. The zero-order valence-electron chi connectivity index (χ0n) is 8.03. The van der Waals surface area contributed by atoms with E-state index in [0.717, 1.165) is 6.42 Å². The van der Waals surface area contributed by atoms with Crippen LogP contribution in [0.3, 0.4) is 0 Å². The van der Waals surface area contributed by atoms with Gasteiger partial charge in [-0.15, -0.1) is 0 Å². The fraction of sp³-hybridized carbons (Fsp3) is 0.400. The summed E-state index contributed by atoms with van der Waals surface area (Å²) in [5, 5.41) is 0. The quantitative estimate of drug-likeness (QED) is 0.783. The first-order valence-corrected chi connectivity index (χ1v) is 5.52. The summed E-state index contributed by atoms with van der Waals surface area (Å²) in [5.74, 6) is 0.172. The number of piperidine rings is 1. The van der Waals surface area contributed by atoms with E-state index < -0.39 is 0 Å². The fourth-order valence-corrected chi connectivity index (χ4v) is 1.90. The third-order valence-electron chi connectivity index (χ3n) is 2.32. The molecule has 0 unspecified atom stereocenters. The summed E-state index contributed by atoms with van der Waals surface area (Å²) >= 11 is 3.13. The molecule has 2 heterocycles. The minimum absolute atomic E-state index is 0.111. The number of carbonyl (C=O) groups is 2. The van der Waals surface area contributed by atoms with Crippen LogP contribution in [0.25, 0.3) is 0 Å². The van der Waals surface area contributed by atoms with Crippen LogP contribution < -0.4 is 0 Å². The van der Waals surface area contributed by atoms with E-state index in [1.165, 1.54) is 4.90 Å². The lowest BCUT2D eigenvalue weighted by molar-refractivity contribution is -0.121. The number of rotatable bonds is 1. The number of amides is 1. The van der Waals surface area contributed by atoms with E-state index in [1.807, 2.05) is 0 Å². The van der Waals surface area contributed by atoms with Crippen LogP contribution in [0.15, 0.2) is 21.2 Å². The SMILES string of the molecule is O=C1CCCN(C(=O)c2ccc(Br)o2)C1. The highest BCUT2D eigenvalue weighted by atomic mass is 79.9. The van der Waals surface area contributed by atoms with Crippen LogP contribution in [0.5, 0.6) is 0 Å². The van der Waals surface area contributed by atoms with Gasteiger partial charge in [-0.3, -0.25) is 9.59 Å². The van der Waals surface area contributed by atoms with Crippen LogP contribution in [-0.4, -0.2) is 29.7 Å². The highest BCUT2D eigenvalue weighted by molar-refractivity contribution is 9.10. The summed E-state index contributed by atoms with van der Waals surface area (Å²) in [6.07, 6.45) is 1.32. The predicted octanol–water partition coefficient (Wildman–Crippen LogP) is 1.85. The Hall–Kier alpha value is -1.10. The molecule has 1 aliphatic heterocycles. The summed E-state index contributed by atoms with van der Waals surface area (Å²) < 4.78 is 5.67. The van der Waals surface area contributed by atoms with E-state index in [2.05, 4.69) is 15.9 Å². The largest absolute Gasteiger partial charge is 0.444 e. The maximum Gasteiger partial charge on any atom is 0.290 e. The van der Waals surface area contributed by atoms with Gasteiger partial charge in [-0.05, 0) is 34.5 Å². The van der Waals surface area contributed by atoms with Crippen molar-refractivity contribution in [1.29, 1.82) is 0 Å². The first-order valence-electron chi connectivity index (χ1n) is 4.73. The van der Waals surface area contributed by atoms with Crippen molar-refractivity contribution in [3.8, 4) is 0 Å². The molecule has 80 valence electrons. The molecule has 1 aromatic rings. The van der Waals surface area contributed by atoms with Crippen LogP contribution in [0.4, 0.5) is 0 Å². The minimum atomic E-state index is -0.214. The number of Topliss-reactive ketones (excluding diaryl/α,β-unsaturated/α-hetero) is 1. The van der Waals surface area contributed by atoms with Gasteiger partial charge in [-0.2, -0.15) is 0 Å². The second-order valence-electron chi connectivity index (χ2n) is 3.47. The van der Waals surface area contributed by atoms with Crippen LogP contribution in [-0.2, 0) is 4.79 Å². The van der Waals surface area contributed by atoms with Gasteiger partial charge in [-0.1, -0.05) is 0 Å². The second-order valence-corrected chi connectivity index (χ2v) is 4.25. The molecule has 1 aliphatic rings. The number of nitrogens with zero attached hydrogens (tertiary/aromatic N) is 1. The molecule has 0 saturated carbocycles. The maximum absolute atomic E-state index is 11.8. The van der Waals surface area contributed by atoms with Crippen molar-refractivity contribution in [2.45, 2.75) is 12.8 Å². The lowest BCUT2D eigenvalue weighted by atomic mass is 10.1. The summed E-state index contributed by atoms with van der Waals surface area (Å²) in [4.78, 5) is 24.5. The van der Waals surface area contributed by atoms with Crippen molar-refractivity contribution in [2.75, 3.05) is 13.1 Å². The summed E-state index contributed by atoms with van der Waals surface area (Å²) in [6, 6.07) is 3.27. The highest BCUT2D eigenvalue weighted by Crippen LogP contribution is 2.17. The van der Waals surface area contributed by atoms with Crippen molar-refractivity contribution in [3.63, 3.8) is 0 Å². The number of likely N-dealkylation sites (tertiary alicyclic amines) is 1. The van der Waals surface area contributed by atoms with E-state index in [4.69, 9.17) is 4.42 Å². The third-order valence-corrected chi connectivity index (χ3v) is 2.75. The Morgan fingerprint density at radius 1 is 1.47 bits per heavy atom. The average molecular weight is 272 g/mol. The number of hydrogen-bond acceptors (Lipinski definition) is 3.